The molecule has 0 fully saturated rings. The number of aromatic nitrogens is 2. The van der Waals surface area contributed by atoms with Gasteiger partial charge in [-0.1, -0.05) is 18.2 Å². The molecule has 1 atom stereocenters. The summed E-state index contributed by atoms with van der Waals surface area (Å²) in [5.74, 6) is 0. The molecule has 4 heteroatoms. The Bertz CT molecular complexity index is 564. The van der Waals surface area contributed by atoms with Crippen LogP contribution in [0.5, 0.6) is 0 Å². The molecule has 3 rings (SSSR count). The predicted molar refractivity (Wildman–Crippen MR) is 75.0 cm³/mol. The van der Waals surface area contributed by atoms with E-state index >= 15 is 0 Å². The van der Waals surface area contributed by atoms with Crippen LogP contribution in [0, 0.1) is 0 Å². The molecule has 2 heterocycles. The van der Waals surface area contributed by atoms with E-state index in [0.29, 0.717) is 0 Å². The molecule has 0 amide bonds. The first-order chi connectivity index (χ1) is 9.28. The van der Waals surface area contributed by atoms with Gasteiger partial charge in [-0.05, 0) is 19.4 Å². The van der Waals surface area contributed by atoms with E-state index in [4.69, 9.17) is 0 Å². The van der Waals surface area contributed by atoms with E-state index in [0.717, 1.165) is 37.3 Å². The standard InChI is InChI=1S/C15H19N3O/c1-2-18-11-12(9-16-18)10-17-8-7-15(19)13-5-3-4-6-14(13)17/h3-6,9,11,15,19H,2,7-8,10H2,1H3. The molecule has 0 bridgehead atoms. The highest BCUT2D eigenvalue weighted by atomic mass is 16.3. The highest BCUT2D eigenvalue weighted by Gasteiger charge is 2.23. The Labute approximate surface area is 113 Å². The zero-order valence-corrected chi connectivity index (χ0v) is 11.2. The normalized spacial score (nSPS) is 18.4. The number of hydrogen-bond acceptors (Lipinski definition) is 3. The van der Waals surface area contributed by atoms with Crippen molar-refractivity contribution in [1.29, 1.82) is 0 Å². The number of fused-ring (bicyclic) bond motifs is 1. The third kappa shape index (κ3) is 2.36. The lowest BCUT2D eigenvalue weighted by Gasteiger charge is -2.33. The number of aliphatic hydroxyl groups excluding tert-OH is 1. The molecule has 1 aromatic carbocycles. The zero-order chi connectivity index (χ0) is 13.2. The molecule has 0 saturated heterocycles. The average molecular weight is 257 g/mol. The summed E-state index contributed by atoms with van der Waals surface area (Å²) in [6.45, 7) is 4.72. The number of rotatable bonds is 3. The van der Waals surface area contributed by atoms with Gasteiger partial charge in [0.2, 0.25) is 0 Å². The van der Waals surface area contributed by atoms with Gasteiger partial charge in [0, 0.05) is 42.6 Å². The van der Waals surface area contributed by atoms with Crippen LogP contribution in [0.3, 0.4) is 0 Å². The van der Waals surface area contributed by atoms with Crippen molar-refractivity contribution in [3.8, 4) is 0 Å². The molecule has 0 aliphatic carbocycles. The Morgan fingerprint density at radius 2 is 2.21 bits per heavy atom. The quantitative estimate of drug-likeness (QED) is 0.917. The summed E-state index contributed by atoms with van der Waals surface area (Å²) in [6, 6.07) is 8.11. The number of nitrogens with zero attached hydrogens (tertiary/aromatic N) is 3. The van der Waals surface area contributed by atoms with Crippen LogP contribution in [0.4, 0.5) is 5.69 Å². The first-order valence-corrected chi connectivity index (χ1v) is 6.81. The van der Waals surface area contributed by atoms with Crippen molar-refractivity contribution in [2.75, 3.05) is 11.4 Å². The highest BCUT2D eigenvalue weighted by molar-refractivity contribution is 5.56. The molecule has 0 spiro atoms. The second-order valence-corrected chi connectivity index (χ2v) is 4.99. The fourth-order valence-corrected chi connectivity index (χ4v) is 2.66. The molecule has 100 valence electrons. The van der Waals surface area contributed by atoms with Gasteiger partial charge in [-0.15, -0.1) is 0 Å². The van der Waals surface area contributed by atoms with Crippen LogP contribution in [0.15, 0.2) is 36.7 Å². The van der Waals surface area contributed by atoms with Gasteiger partial charge in [-0.2, -0.15) is 5.10 Å². The van der Waals surface area contributed by atoms with Gasteiger partial charge in [-0.3, -0.25) is 4.68 Å². The van der Waals surface area contributed by atoms with Crippen molar-refractivity contribution >= 4 is 5.69 Å². The van der Waals surface area contributed by atoms with E-state index in [-0.39, 0.29) is 6.10 Å². The summed E-state index contributed by atoms with van der Waals surface area (Å²) < 4.78 is 1.94. The maximum Gasteiger partial charge on any atom is 0.0826 e. The van der Waals surface area contributed by atoms with Gasteiger partial charge in [0.15, 0.2) is 0 Å². The molecular weight excluding hydrogens is 238 g/mol. The molecular formula is C15H19N3O. The first kappa shape index (κ1) is 12.2. The van der Waals surface area contributed by atoms with E-state index in [1.54, 1.807) is 0 Å². The number of hydrogen-bond donors (Lipinski definition) is 1. The van der Waals surface area contributed by atoms with E-state index in [2.05, 4.69) is 29.2 Å². The summed E-state index contributed by atoms with van der Waals surface area (Å²) in [6.07, 6.45) is 4.48. The fourth-order valence-electron chi connectivity index (χ4n) is 2.66. The number of aryl methyl sites for hydroxylation is 1. The van der Waals surface area contributed by atoms with Crippen LogP contribution in [0.1, 0.15) is 30.6 Å². The first-order valence-electron chi connectivity index (χ1n) is 6.81. The maximum atomic E-state index is 10.0. The molecule has 1 N–H and O–H groups in total. The van der Waals surface area contributed by atoms with Crippen molar-refractivity contribution in [3.05, 3.63) is 47.8 Å². The Balaban J connectivity index is 1.84. The second-order valence-electron chi connectivity index (χ2n) is 4.99. The van der Waals surface area contributed by atoms with Gasteiger partial charge >= 0.3 is 0 Å². The van der Waals surface area contributed by atoms with Crippen LogP contribution < -0.4 is 4.90 Å². The molecule has 0 radical (unpaired) electrons. The Hall–Kier alpha value is -1.81. The summed E-state index contributed by atoms with van der Waals surface area (Å²) in [4.78, 5) is 2.32. The van der Waals surface area contributed by atoms with Crippen molar-refractivity contribution in [2.45, 2.75) is 32.5 Å². The van der Waals surface area contributed by atoms with E-state index in [1.807, 2.05) is 29.1 Å². The average Bonchev–Trinajstić information content (AvgIpc) is 2.90. The Morgan fingerprint density at radius 1 is 1.37 bits per heavy atom. The Morgan fingerprint density at radius 3 is 3.00 bits per heavy atom. The zero-order valence-electron chi connectivity index (χ0n) is 11.2. The topological polar surface area (TPSA) is 41.3 Å². The van der Waals surface area contributed by atoms with E-state index in [1.165, 1.54) is 5.56 Å². The molecule has 19 heavy (non-hydrogen) atoms. The highest BCUT2D eigenvalue weighted by Crippen LogP contribution is 2.34. The van der Waals surface area contributed by atoms with E-state index < -0.39 is 0 Å². The SMILES string of the molecule is CCn1cc(CN2CCC(O)c3ccccc32)cn1. The molecule has 1 aliphatic heterocycles. The van der Waals surface area contributed by atoms with E-state index in [9.17, 15) is 5.11 Å². The molecule has 2 aromatic rings. The van der Waals surface area contributed by atoms with Crippen LogP contribution in [0.25, 0.3) is 0 Å². The molecule has 0 saturated carbocycles. The lowest BCUT2D eigenvalue weighted by atomic mass is 9.98. The third-order valence-corrected chi connectivity index (χ3v) is 3.69. The van der Waals surface area contributed by atoms with Gasteiger partial charge in [-0.25, -0.2) is 0 Å². The minimum absolute atomic E-state index is 0.328. The van der Waals surface area contributed by atoms with Gasteiger partial charge in [0.05, 0.1) is 12.3 Å². The van der Waals surface area contributed by atoms with Crippen LogP contribution in [-0.4, -0.2) is 21.4 Å². The minimum atomic E-state index is -0.328. The number of benzene rings is 1. The van der Waals surface area contributed by atoms with Crippen molar-refractivity contribution in [1.82, 2.24) is 9.78 Å². The van der Waals surface area contributed by atoms with Crippen LogP contribution in [0.2, 0.25) is 0 Å². The summed E-state index contributed by atoms with van der Waals surface area (Å²) in [5, 5.41) is 14.4. The summed E-state index contributed by atoms with van der Waals surface area (Å²) in [7, 11) is 0. The fraction of sp³-hybridized carbons (Fsp3) is 0.400. The maximum absolute atomic E-state index is 10.0. The van der Waals surface area contributed by atoms with Gasteiger partial charge in [0.1, 0.15) is 0 Å². The number of anilines is 1. The molecule has 1 unspecified atom stereocenters. The Kier molecular flexibility index (Phi) is 3.25. The van der Waals surface area contributed by atoms with Crippen LogP contribution >= 0.6 is 0 Å². The number of aliphatic hydroxyl groups is 1. The lowest BCUT2D eigenvalue weighted by molar-refractivity contribution is 0.164. The molecule has 4 nitrogen and oxygen atoms in total. The van der Waals surface area contributed by atoms with Crippen LogP contribution in [-0.2, 0) is 13.1 Å². The van der Waals surface area contributed by atoms with Gasteiger partial charge in [0.25, 0.3) is 0 Å². The van der Waals surface area contributed by atoms with Gasteiger partial charge < -0.3 is 10.0 Å². The second kappa shape index (κ2) is 5.05. The third-order valence-electron chi connectivity index (χ3n) is 3.69. The lowest BCUT2D eigenvalue weighted by Crippen LogP contribution is -2.30. The molecule has 1 aromatic heterocycles. The number of para-hydroxylation sites is 1. The molecule has 1 aliphatic rings. The largest absolute Gasteiger partial charge is 0.388 e. The smallest absolute Gasteiger partial charge is 0.0826 e. The summed E-state index contributed by atoms with van der Waals surface area (Å²) >= 11 is 0. The van der Waals surface area contributed by atoms with Crippen molar-refractivity contribution in [3.63, 3.8) is 0 Å². The predicted octanol–water partition coefficient (Wildman–Crippen LogP) is 2.35. The summed E-state index contributed by atoms with van der Waals surface area (Å²) in [5.41, 5.74) is 3.40. The monoisotopic (exact) mass is 257 g/mol. The van der Waals surface area contributed by atoms with Crippen molar-refractivity contribution in [2.24, 2.45) is 0 Å². The van der Waals surface area contributed by atoms with Crippen molar-refractivity contribution < 1.29 is 5.11 Å². The minimum Gasteiger partial charge on any atom is -0.388 e.